The van der Waals surface area contributed by atoms with E-state index in [1.54, 1.807) is 0 Å². The number of rotatable bonds is 3. The number of hydrogen-bond acceptors (Lipinski definition) is 2. The number of nitriles is 1. The van der Waals surface area contributed by atoms with Crippen molar-refractivity contribution in [3.05, 3.63) is 27.5 Å². The van der Waals surface area contributed by atoms with Crippen molar-refractivity contribution in [3.8, 4) is 6.07 Å². The van der Waals surface area contributed by atoms with Gasteiger partial charge in [0.05, 0.1) is 29.7 Å². The van der Waals surface area contributed by atoms with Crippen molar-refractivity contribution in [3.63, 3.8) is 0 Å². The monoisotopic (exact) mass is 339 g/mol. The number of hydrogen-bond donors (Lipinski definition) is 0. The van der Waals surface area contributed by atoms with Crippen LogP contribution in [-0.2, 0) is 6.42 Å². The summed E-state index contributed by atoms with van der Waals surface area (Å²) < 4.78 is 3.20. The van der Waals surface area contributed by atoms with Crippen molar-refractivity contribution in [1.29, 1.82) is 5.26 Å². The SMILES string of the molecule is CCc1nn([C@@H](C)CC#N)c2ccc(I)cc12. The molecule has 0 fully saturated rings. The van der Waals surface area contributed by atoms with Gasteiger partial charge in [-0.25, -0.2) is 0 Å². The molecule has 1 atom stereocenters. The fourth-order valence-corrected chi connectivity index (χ4v) is 2.48. The largest absolute Gasteiger partial charge is 0.261 e. The summed E-state index contributed by atoms with van der Waals surface area (Å²) in [6.45, 7) is 4.15. The Hall–Kier alpha value is -1.09. The molecule has 1 aromatic carbocycles. The third-order valence-corrected chi connectivity index (χ3v) is 3.55. The molecule has 0 amide bonds. The summed E-state index contributed by atoms with van der Waals surface area (Å²) in [5.41, 5.74) is 2.24. The van der Waals surface area contributed by atoms with Gasteiger partial charge in [0.25, 0.3) is 0 Å². The number of aromatic nitrogens is 2. The lowest BCUT2D eigenvalue weighted by Crippen LogP contribution is -2.06. The third-order valence-electron chi connectivity index (χ3n) is 2.88. The molecule has 0 radical (unpaired) electrons. The molecule has 3 nitrogen and oxygen atoms in total. The summed E-state index contributed by atoms with van der Waals surface area (Å²) in [7, 11) is 0. The molecule has 0 aliphatic rings. The fourth-order valence-electron chi connectivity index (χ4n) is 1.99. The summed E-state index contributed by atoms with van der Waals surface area (Å²) in [5, 5.41) is 14.6. The summed E-state index contributed by atoms with van der Waals surface area (Å²) in [5.74, 6) is 0. The van der Waals surface area contributed by atoms with Crippen molar-refractivity contribution in [2.75, 3.05) is 0 Å². The predicted octanol–water partition coefficient (Wildman–Crippen LogP) is 3.68. The number of benzene rings is 1. The molecule has 0 aliphatic heterocycles. The molecule has 0 aliphatic carbocycles. The molecule has 0 saturated carbocycles. The highest BCUT2D eigenvalue weighted by atomic mass is 127. The summed E-state index contributed by atoms with van der Waals surface area (Å²) in [4.78, 5) is 0. The van der Waals surface area contributed by atoms with Crippen molar-refractivity contribution in [1.82, 2.24) is 9.78 Å². The van der Waals surface area contributed by atoms with Crippen molar-refractivity contribution in [2.24, 2.45) is 0 Å². The molecular formula is C13H14IN3. The fraction of sp³-hybridized carbons (Fsp3) is 0.385. The van der Waals surface area contributed by atoms with Crippen molar-refractivity contribution < 1.29 is 0 Å². The number of fused-ring (bicyclic) bond motifs is 1. The van der Waals surface area contributed by atoms with Gasteiger partial charge in [0, 0.05) is 8.96 Å². The van der Waals surface area contributed by atoms with Crippen molar-refractivity contribution in [2.45, 2.75) is 32.7 Å². The maximum Gasteiger partial charge on any atom is 0.0701 e. The molecule has 2 aromatic rings. The Labute approximate surface area is 115 Å². The average Bonchev–Trinajstić information content (AvgIpc) is 2.67. The summed E-state index contributed by atoms with van der Waals surface area (Å²) in [6, 6.07) is 8.68. The van der Waals surface area contributed by atoms with Gasteiger partial charge < -0.3 is 0 Å². The van der Waals surface area contributed by atoms with Gasteiger partial charge in [-0.05, 0) is 54.1 Å². The second kappa shape index (κ2) is 5.05. The van der Waals surface area contributed by atoms with E-state index in [9.17, 15) is 0 Å². The van der Waals surface area contributed by atoms with Gasteiger partial charge >= 0.3 is 0 Å². The van der Waals surface area contributed by atoms with Gasteiger partial charge in [-0.3, -0.25) is 4.68 Å². The van der Waals surface area contributed by atoms with Crippen LogP contribution in [0.25, 0.3) is 10.9 Å². The molecule has 0 bridgehead atoms. The Bertz CT molecular complexity index is 580. The van der Waals surface area contributed by atoms with E-state index >= 15 is 0 Å². The molecule has 1 heterocycles. The number of aryl methyl sites for hydroxylation is 1. The quantitative estimate of drug-likeness (QED) is 0.801. The molecule has 88 valence electrons. The molecule has 0 N–H and O–H groups in total. The highest BCUT2D eigenvalue weighted by molar-refractivity contribution is 14.1. The lowest BCUT2D eigenvalue weighted by molar-refractivity contribution is 0.512. The van der Waals surface area contributed by atoms with E-state index in [0.717, 1.165) is 17.6 Å². The highest BCUT2D eigenvalue weighted by Crippen LogP contribution is 2.25. The lowest BCUT2D eigenvalue weighted by Gasteiger charge is -2.09. The van der Waals surface area contributed by atoms with Crippen LogP contribution in [0.3, 0.4) is 0 Å². The zero-order valence-electron chi connectivity index (χ0n) is 9.94. The molecule has 2 rings (SSSR count). The molecule has 4 heteroatoms. The van der Waals surface area contributed by atoms with E-state index in [2.05, 4.69) is 58.9 Å². The van der Waals surface area contributed by atoms with E-state index in [-0.39, 0.29) is 6.04 Å². The molecule has 0 spiro atoms. The zero-order valence-corrected chi connectivity index (χ0v) is 12.1. The van der Waals surface area contributed by atoms with Crippen LogP contribution in [0, 0.1) is 14.9 Å². The normalized spacial score (nSPS) is 12.6. The zero-order chi connectivity index (χ0) is 12.4. The number of halogens is 1. The standard InChI is InChI=1S/C13H14IN3/c1-3-12-11-8-10(14)4-5-13(11)17(16-12)9(2)6-7-15/h4-5,8-9H,3,6H2,1-2H3/t9-/m0/s1. The van der Waals surface area contributed by atoms with Crippen LogP contribution >= 0.6 is 22.6 Å². The Kier molecular flexibility index (Phi) is 3.67. The average molecular weight is 339 g/mol. The van der Waals surface area contributed by atoms with Crippen LogP contribution in [0.15, 0.2) is 18.2 Å². The second-order valence-corrected chi connectivity index (χ2v) is 5.36. The van der Waals surface area contributed by atoms with E-state index < -0.39 is 0 Å². The van der Waals surface area contributed by atoms with E-state index in [1.807, 2.05) is 11.6 Å². The minimum atomic E-state index is 0.128. The minimum absolute atomic E-state index is 0.128. The Balaban J connectivity index is 2.61. The second-order valence-electron chi connectivity index (χ2n) is 4.12. The van der Waals surface area contributed by atoms with Crippen LogP contribution < -0.4 is 0 Å². The topological polar surface area (TPSA) is 41.6 Å². The van der Waals surface area contributed by atoms with Crippen LogP contribution in [0.5, 0.6) is 0 Å². The third kappa shape index (κ3) is 2.29. The van der Waals surface area contributed by atoms with Gasteiger partial charge in [0.2, 0.25) is 0 Å². The molecule has 17 heavy (non-hydrogen) atoms. The van der Waals surface area contributed by atoms with Gasteiger partial charge in [-0.15, -0.1) is 0 Å². The minimum Gasteiger partial charge on any atom is -0.261 e. The van der Waals surface area contributed by atoms with E-state index in [1.165, 1.54) is 8.96 Å². The molecule has 0 saturated heterocycles. The summed E-state index contributed by atoms with van der Waals surface area (Å²) >= 11 is 2.31. The van der Waals surface area contributed by atoms with Gasteiger partial charge in [0.1, 0.15) is 0 Å². The Morgan fingerprint density at radius 1 is 1.53 bits per heavy atom. The smallest absolute Gasteiger partial charge is 0.0701 e. The first kappa shape index (κ1) is 12.4. The Morgan fingerprint density at radius 2 is 2.29 bits per heavy atom. The van der Waals surface area contributed by atoms with Crippen LogP contribution in [0.4, 0.5) is 0 Å². The van der Waals surface area contributed by atoms with E-state index in [4.69, 9.17) is 5.26 Å². The first-order chi connectivity index (χ1) is 8.17. The predicted molar refractivity (Wildman–Crippen MR) is 76.8 cm³/mol. The maximum atomic E-state index is 8.79. The van der Waals surface area contributed by atoms with Gasteiger partial charge in [0.15, 0.2) is 0 Å². The van der Waals surface area contributed by atoms with Gasteiger partial charge in [-0.2, -0.15) is 10.4 Å². The molecular weight excluding hydrogens is 325 g/mol. The van der Waals surface area contributed by atoms with Crippen LogP contribution in [0.1, 0.15) is 32.0 Å². The summed E-state index contributed by atoms with van der Waals surface area (Å²) in [6.07, 6.45) is 1.41. The van der Waals surface area contributed by atoms with Crippen molar-refractivity contribution >= 4 is 33.5 Å². The highest BCUT2D eigenvalue weighted by Gasteiger charge is 2.13. The van der Waals surface area contributed by atoms with Crippen LogP contribution in [-0.4, -0.2) is 9.78 Å². The Morgan fingerprint density at radius 3 is 2.94 bits per heavy atom. The number of nitrogens with zero attached hydrogens (tertiary/aromatic N) is 3. The van der Waals surface area contributed by atoms with Crippen LogP contribution in [0.2, 0.25) is 0 Å². The first-order valence-corrected chi connectivity index (χ1v) is 6.78. The lowest BCUT2D eigenvalue weighted by atomic mass is 10.2. The molecule has 0 unspecified atom stereocenters. The molecule has 1 aromatic heterocycles. The maximum absolute atomic E-state index is 8.79. The van der Waals surface area contributed by atoms with Gasteiger partial charge in [-0.1, -0.05) is 6.92 Å². The first-order valence-electron chi connectivity index (χ1n) is 5.71. The van der Waals surface area contributed by atoms with E-state index in [0.29, 0.717) is 6.42 Å².